The molecule has 3 heterocycles. The number of sulfonamides is 1. The van der Waals surface area contributed by atoms with Gasteiger partial charge in [0, 0.05) is 24.7 Å². The van der Waals surface area contributed by atoms with Gasteiger partial charge in [-0.05, 0) is 55.7 Å². The zero-order valence-corrected chi connectivity index (χ0v) is 17.4. The summed E-state index contributed by atoms with van der Waals surface area (Å²) in [6.07, 6.45) is 3.80. The molecule has 2 aromatic carbocycles. The van der Waals surface area contributed by atoms with Gasteiger partial charge < -0.3 is 14.1 Å². The first-order valence-corrected chi connectivity index (χ1v) is 11.6. The van der Waals surface area contributed by atoms with Crippen molar-refractivity contribution >= 4 is 32.7 Å². The van der Waals surface area contributed by atoms with Crippen LogP contribution < -0.4 is 15.2 Å². The Kier molecular flexibility index (Phi) is 4.73. The van der Waals surface area contributed by atoms with Gasteiger partial charge in [0.05, 0.1) is 22.6 Å². The lowest BCUT2D eigenvalue weighted by Crippen LogP contribution is -2.45. The summed E-state index contributed by atoms with van der Waals surface area (Å²) >= 11 is 0. The summed E-state index contributed by atoms with van der Waals surface area (Å²) in [4.78, 5) is 28.8. The molecule has 1 saturated heterocycles. The molecule has 0 bridgehead atoms. The number of nitrogens with one attached hydrogen (secondary N) is 2. The number of H-pyrrole nitrogens is 1. The molecule has 1 amide bonds. The van der Waals surface area contributed by atoms with Crippen LogP contribution in [-0.4, -0.2) is 43.4 Å². The molecule has 3 aromatic rings. The topological polar surface area (TPSA) is 122 Å². The zero-order valence-electron chi connectivity index (χ0n) is 16.6. The summed E-state index contributed by atoms with van der Waals surface area (Å²) in [6, 6.07) is 8.94. The smallest absolute Gasteiger partial charge is 0.417 e. The van der Waals surface area contributed by atoms with Crippen LogP contribution in [0.4, 0.5) is 5.69 Å². The normalized spacial score (nSPS) is 19.2. The molecule has 5 rings (SSSR count). The molecule has 31 heavy (non-hydrogen) atoms. The van der Waals surface area contributed by atoms with Gasteiger partial charge in [0.2, 0.25) is 0 Å². The molecule has 0 radical (unpaired) electrons. The maximum atomic E-state index is 13.2. The van der Waals surface area contributed by atoms with Gasteiger partial charge in [-0.3, -0.25) is 14.5 Å². The number of aromatic nitrogens is 1. The number of nitrogens with zero attached hydrogens (tertiary/aromatic N) is 1. The summed E-state index contributed by atoms with van der Waals surface area (Å²) in [6.45, 7) is 1.21. The number of piperidine rings is 1. The van der Waals surface area contributed by atoms with Crippen LogP contribution in [0, 0.1) is 0 Å². The Balaban J connectivity index is 1.47. The molecule has 1 atom stereocenters. The molecular formula is C21H21N3O6S. The second-order valence-corrected chi connectivity index (χ2v) is 9.46. The second kappa shape index (κ2) is 7.45. The molecule has 0 saturated carbocycles. The highest BCUT2D eigenvalue weighted by atomic mass is 32.2. The van der Waals surface area contributed by atoms with Crippen molar-refractivity contribution in [1.82, 2.24) is 9.88 Å². The van der Waals surface area contributed by atoms with Gasteiger partial charge in [-0.2, -0.15) is 0 Å². The fraction of sp³-hybridized carbons (Fsp3) is 0.333. The van der Waals surface area contributed by atoms with E-state index in [1.54, 1.807) is 12.1 Å². The lowest BCUT2D eigenvalue weighted by molar-refractivity contribution is 0.0548. The number of fused-ring (bicyclic) bond motifs is 3. The highest BCUT2D eigenvalue weighted by Gasteiger charge is 2.31. The Morgan fingerprint density at radius 1 is 1.06 bits per heavy atom. The maximum Gasteiger partial charge on any atom is 0.417 e. The van der Waals surface area contributed by atoms with E-state index in [0.29, 0.717) is 24.5 Å². The number of hydrogen-bond acceptors (Lipinski definition) is 6. The van der Waals surface area contributed by atoms with Gasteiger partial charge in [0.15, 0.2) is 5.58 Å². The summed E-state index contributed by atoms with van der Waals surface area (Å²) in [5, 5.41) is 0. The quantitative estimate of drug-likeness (QED) is 0.642. The fourth-order valence-electron chi connectivity index (χ4n) is 4.23. The molecule has 1 fully saturated rings. The summed E-state index contributed by atoms with van der Waals surface area (Å²) in [5.41, 5.74) is 1.15. The van der Waals surface area contributed by atoms with Crippen molar-refractivity contribution in [2.24, 2.45) is 0 Å². The van der Waals surface area contributed by atoms with Crippen molar-refractivity contribution in [2.45, 2.75) is 36.6 Å². The van der Waals surface area contributed by atoms with Crippen molar-refractivity contribution in [3.63, 3.8) is 0 Å². The number of ether oxygens (including phenoxy) is 1. The minimum atomic E-state index is -3.96. The predicted octanol–water partition coefficient (Wildman–Crippen LogP) is 2.70. The molecule has 1 aromatic heterocycles. The molecule has 0 unspecified atom stereocenters. The van der Waals surface area contributed by atoms with E-state index in [4.69, 9.17) is 9.15 Å². The van der Waals surface area contributed by atoms with Crippen LogP contribution in [0.5, 0.6) is 5.75 Å². The first-order chi connectivity index (χ1) is 14.9. The van der Waals surface area contributed by atoms with Crippen LogP contribution in [0.3, 0.4) is 0 Å². The summed E-state index contributed by atoms with van der Waals surface area (Å²) in [5.74, 6) is -0.346. The average Bonchev–Trinajstić information content (AvgIpc) is 3.12. The summed E-state index contributed by atoms with van der Waals surface area (Å²) in [7, 11) is -3.96. The number of aromatic amines is 1. The molecule has 10 heteroatoms. The predicted molar refractivity (Wildman–Crippen MR) is 113 cm³/mol. The second-order valence-electron chi connectivity index (χ2n) is 7.77. The largest absolute Gasteiger partial charge is 0.493 e. The Morgan fingerprint density at radius 3 is 2.81 bits per heavy atom. The van der Waals surface area contributed by atoms with Crippen LogP contribution >= 0.6 is 0 Å². The highest BCUT2D eigenvalue weighted by molar-refractivity contribution is 7.92. The Labute approximate surface area is 178 Å². The van der Waals surface area contributed by atoms with Crippen molar-refractivity contribution in [3.05, 3.63) is 52.5 Å². The van der Waals surface area contributed by atoms with E-state index in [-0.39, 0.29) is 33.6 Å². The Morgan fingerprint density at radius 2 is 1.94 bits per heavy atom. The number of carbonyl (C=O) groups is 1. The third-order valence-corrected chi connectivity index (χ3v) is 7.14. The highest BCUT2D eigenvalue weighted by Crippen LogP contribution is 2.31. The van der Waals surface area contributed by atoms with Crippen LogP contribution in [0.2, 0.25) is 0 Å². The SMILES string of the molecule is O=C1c2cc(NS(=O)(=O)c3ccc4oc(=O)[nH]c4c3)ccc2OCC[C@@H]2CCCCN12. The Bertz CT molecular complexity index is 1330. The molecule has 2 aliphatic rings. The molecule has 2 aliphatic heterocycles. The first kappa shape index (κ1) is 19.7. The monoisotopic (exact) mass is 443 g/mol. The molecule has 162 valence electrons. The van der Waals surface area contributed by atoms with E-state index in [1.165, 1.54) is 24.3 Å². The van der Waals surface area contributed by atoms with Crippen LogP contribution in [0.25, 0.3) is 11.1 Å². The van der Waals surface area contributed by atoms with E-state index >= 15 is 0 Å². The van der Waals surface area contributed by atoms with Crippen LogP contribution in [0.1, 0.15) is 36.0 Å². The average molecular weight is 443 g/mol. The van der Waals surface area contributed by atoms with Gasteiger partial charge >= 0.3 is 5.76 Å². The minimum absolute atomic E-state index is 0.0394. The van der Waals surface area contributed by atoms with Crippen molar-refractivity contribution in [2.75, 3.05) is 17.9 Å². The molecule has 0 aliphatic carbocycles. The van der Waals surface area contributed by atoms with E-state index in [1.807, 2.05) is 4.90 Å². The van der Waals surface area contributed by atoms with Gasteiger partial charge in [-0.15, -0.1) is 0 Å². The minimum Gasteiger partial charge on any atom is -0.493 e. The van der Waals surface area contributed by atoms with Crippen LogP contribution in [0.15, 0.2) is 50.5 Å². The molecule has 9 nitrogen and oxygen atoms in total. The molecular weight excluding hydrogens is 422 g/mol. The van der Waals surface area contributed by atoms with Gasteiger partial charge in [-0.1, -0.05) is 0 Å². The standard InChI is InChI=1S/C21H21N3O6S/c25-20-16-11-13(4-6-18(16)29-10-8-14-3-1-2-9-24(14)20)23-31(27,28)15-5-7-19-17(12-15)22-21(26)30-19/h4-7,11-12,14,23H,1-3,8-10H2,(H,22,26)/t14-/m0/s1. The van der Waals surface area contributed by atoms with Crippen molar-refractivity contribution in [3.8, 4) is 5.75 Å². The fourth-order valence-corrected chi connectivity index (χ4v) is 5.30. The van der Waals surface area contributed by atoms with Gasteiger partial charge in [0.1, 0.15) is 5.75 Å². The number of carbonyl (C=O) groups excluding carboxylic acids is 1. The third kappa shape index (κ3) is 3.67. The van der Waals surface area contributed by atoms with Crippen molar-refractivity contribution < 1.29 is 22.4 Å². The van der Waals surface area contributed by atoms with Crippen molar-refractivity contribution in [1.29, 1.82) is 0 Å². The summed E-state index contributed by atoms with van der Waals surface area (Å²) < 4.78 is 39.0. The number of hydrogen-bond donors (Lipinski definition) is 2. The van der Waals surface area contributed by atoms with Gasteiger partial charge in [-0.25, -0.2) is 13.2 Å². The van der Waals surface area contributed by atoms with E-state index in [0.717, 1.165) is 25.7 Å². The molecule has 2 N–H and O–H groups in total. The maximum absolute atomic E-state index is 13.2. The Hall–Kier alpha value is -3.27. The number of anilines is 1. The number of amides is 1. The van der Waals surface area contributed by atoms with Crippen LogP contribution in [-0.2, 0) is 10.0 Å². The third-order valence-electron chi connectivity index (χ3n) is 5.76. The number of benzene rings is 2. The lowest BCUT2D eigenvalue weighted by atomic mass is 9.97. The van der Waals surface area contributed by atoms with E-state index in [9.17, 15) is 18.0 Å². The first-order valence-electron chi connectivity index (χ1n) is 10.1. The molecule has 0 spiro atoms. The lowest BCUT2D eigenvalue weighted by Gasteiger charge is -2.37. The van der Waals surface area contributed by atoms with E-state index < -0.39 is 15.8 Å². The zero-order chi connectivity index (χ0) is 21.6. The van der Waals surface area contributed by atoms with Gasteiger partial charge in [0.25, 0.3) is 15.9 Å². The number of oxazole rings is 1. The van der Waals surface area contributed by atoms with E-state index in [2.05, 4.69) is 9.71 Å². The number of rotatable bonds is 3.